The van der Waals surface area contributed by atoms with Crippen molar-refractivity contribution in [2.24, 2.45) is 11.8 Å². The van der Waals surface area contributed by atoms with Crippen LogP contribution >= 0.6 is 0 Å². The Bertz CT molecular complexity index is 422. The van der Waals surface area contributed by atoms with Gasteiger partial charge in [-0.05, 0) is 50.5 Å². The van der Waals surface area contributed by atoms with Crippen molar-refractivity contribution in [3.8, 4) is 0 Å². The Morgan fingerprint density at radius 2 is 1.46 bits per heavy atom. The van der Waals surface area contributed by atoms with E-state index in [1.807, 2.05) is 0 Å². The monoisotopic (exact) mass is 340 g/mol. The Hall–Kier alpha value is -0.750. The van der Waals surface area contributed by atoms with Crippen molar-refractivity contribution in [3.05, 3.63) is 12.2 Å². The van der Waals surface area contributed by atoms with Crippen LogP contribution in [0, 0.1) is 11.8 Å². The summed E-state index contributed by atoms with van der Waals surface area (Å²) >= 11 is 0. The molecular weight excluding hydrogens is 308 g/mol. The molecule has 2 saturated carbocycles. The third kappa shape index (κ3) is 4.88. The Kier molecular flexibility index (Phi) is 7.88. The second-order valence-corrected chi connectivity index (χ2v) is 6.93. The lowest BCUT2D eigenvalue weighted by Gasteiger charge is -2.34. The maximum Gasteiger partial charge on any atom is 0.161 e. The van der Waals surface area contributed by atoms with Crippen LogP contribution in [0.3, 0.4) is 0 Å². The van der Waals surface area contributed by atoms with E-state index in [0.29, 0.717) is 5.92 Å². The first-order valence-electron chi connectivity index (χ1n) is 8.96. The van der Waals surface area contributed by atoms with Crippen molar-refractivity contribution in [1.29, 1.82) is 0 Å². The third-order valence-corrected chi connectivity index (χ3v) is 5.65. The number of hydrogen-bond acceptors (Lipinski definition) is 5. The van der Waals surface area contributed by atoms with Gasteiger partial charge in [-0.3, -0.25) is 4.79 Å². The molecule has 0 spiro atoms. The van der Waals surface area contributed by atoms with E-state index >= 15 is 0 Å². The molecule has 0 saturated heterocycles. The Balaban J connectivity index is 1.93. The second-order valence-electron chi connectivity index (χ2n) is 6.93. The van der Waals surface area contributed by atoms with E-state index in [-0.39, 0.29) is 36.1 Å². The van der Waals surface area contributed by atoms with Crippen LogP contribution in [0.2, 0.25) is 0 Å². The van der Waals surface area contributed by atoms with Gasteiger partial charge in [-0.1, -0.05) is 6.08 Å². The summed E-state index contributed by atoms with van der Waals surface area (Å²) in [7, 11) is 6.87. The fourth-order valence-corrected chi connectivity index (χ4v) is 4.08. The zero-order valence-corrected chi connectivity index (χ0v) is 15.4. The molecule has 0 aliphatic heterocycles. The molecule has 0 N–H and O–H groups in total. The SMILES string of the molecule is COC1CCC(OC)C(C(=O)/C=C/C2CCC(OC)C(OC)C2)C1. The van der Waals surface area contributed by atoms with E-state index in [1.165, 1.54) is 0 Å². The highest BCUT2D eigenvalue weighted by molar-refractivity contribution is 5.92. The summed E-state index contributed by atoms with van der Waals surface area (Å²) in [5, 5.41) is 0. The fraction of sp³-hybridized carbons (Fsp3) is 0.842. The highest BCUT2D eigenvalue weighted by Crippen LogP contribution is 2.31. The van der Waals surface area contributed by atoms with Crippen LogP contribution in [0.1, 0.15) is 38.5 Å². The summed E-state index contributed by atoms with van der Waals surface area (Å²) in [6, 6.07) is 0. The van der Waals surface area contributed by atoms with Crippen molar-refractivity contribution in [3.63, 3.8) is 0 Å². The van der Waals surface area contributed by atoms with Gasteiger partial charge in [0, 0.05) is 28.4 Å². The molecule has 5 nitrogen and oxygen atoms in total. The zero-order valence-electron chi connectivity index (χ0n) is 15.4. The number of carbonyl (C=O) groups excluding carboxylic acids is 1. The van der Waals surface area contributed by atoms with Gasteiger partial charge in [0.1, 0.15) is 0 Å². The van der Waals surface area contributed by atoms with E-state index in [9.17, 15) is 4.79 Å². The van der Waals surface area contributed by atoms with Crippen molar-refractivity contribution < 1.29 is 23.7 Å². The lowest BCUT2D eigenvalue weighted by molar-refractivity contribution is -0.127. The minimum Gasteiger partial charge on any atom is -0.381 e. The summed E-state index contributed by atoms with van der Waals surface area (Å²) in [6.07, 6.45) is 9.73. The summed E-state index contributed by atoms with van der Waals surface area (Å²) in [6.45, 7) is 0. The molecule has 0 heterocycles. The minimum absolute atomic E-state index is 0.00417. The fourth-order valence-electron chi connectivity index (χ4n) is 4.08. The van der Waals surface area contributed by atoms with Gasteiger partial charge < -0.3 is 18.9 Å². The first-order valence-corrected chi connectivity index (χ1v) is 8.96. The summed E-state index contributed by atoms with van der Waals surface area (Å²) in [5.41, 5.74) is 0. The van der Waals surface area contributed by atoms with Crippen LogP contribution in [-0.2, 0) is 23.7 Å². The molecule has 2 rings (SSSR count). The first kappa shape index (κ1) is 19.6. The largest absolute Gasteiger partial charge is 0.381 e. The minimum atomic E-state index is -0.0986. The molecule has 24 heavy (non-hydrogen) atoms. The summed E-state index contributed by atoms with van der Waals surface area (Å²) < 4.78 is 22.0. The van der Waals surface area contributed by atoms with Gasteiger partial charge in [0.2, 0.25) is 0 Å². The van der Waals surface area contributed by atoms with Crippen LogP contribution in [0.25, 0.3) is 0 Å². The van der Waals surface area contributed by atoms with Gasteiger partial charge in [-0.2, -0.15) is 0 Å². The lowest BCUT2D eigenvalue weighted by Crippen LogP contribution is -2.38. The molecule has 0 aromatic carbocycles. The molecule has 0 bridgehead atoms. The second kappa shape index (κ2) is 9.66. The van der Waals surface area contributed by atoms with E-state index in [1.54, 1.807) is 34.5 Å². The highest BCUT2D eigenvalue weighted by atomic mass is 16.5. The van der Waals surface area contributed by atoms with Crippen LogP contribution in [0.5, 0.6) is 0 Å². The van der Waals surface area contributed by atoms with E-state index < -0.39 is 0 Å². The molecule has 2 aliphatic carbocycles. The molecule has 0 radical (unpaired) electrons. The van der Waals surface area contributed by atoms with Crippen LogP contribution < -0.4 is 0 Å². The van der Waals surface area contributed by atoms with Gasteiger partial charge in [-0.15, -0.1) is 0 Å². The van der Waals surface area contributed by atoms with Crippen molar-refractivity contribution >= 4 is 5.78 Å². The average molecular weight is 340 g/mol. The molecule has 6 atom stereocenters. The van der Waals surface area contributed by atoms with Gasteiger partial charge >= 0.3 is 0 Å². The van der Waals surface area contributed by atoms with Crippen molar-refractivity contribution in [1.82, 2.24) is 0 Å². The Morgan fingerprint density at radius 3 is 2.08 bits per heavy atom. The highest BCUT2D eigenvalue weighted by Gasteiger charge is 2.35. The lowest BCUT2D eigenvalue weighted by atomic mass is 9.80. The van der Waals surface area contributed by atoms with Gasteiger partial charge in [-0.25, -0.2) is 0 Å². The van der Waals surface area contributed by atoms with Crippen molar-refractivity contribution in [2.45, 2.75) is 62.9 Å². The maximum atomic E-state index is 12.7. The van der Waals surface area contributed by atoms with E-state index in [0.717, 1.165) is 38.5 Å². The first-order chi connectivity index (χ1) is 11.6. The van der Waals surface area contributed by atoms with Gasteiger partial charge in [0.05, 0.1) is 30.3 Å². The third-order valence-electron chi connectivity index (χ3n) is 5.65. The normalized spacial score (nSPS) is 37.7. The van der Waals surface area contributed by atoms with Gasteiger partial charge in [0.15, 0.2) is 5.78 Å². The molecule has 0 aromatic rings. The predicted octanol–water partition coefficient (Wildman–Crippen LogP) is 2.77. The topological polar surface area (TPSA) is 54.0 Å². The Morgan fingerprint density at radius 1 is 0.792 bits per heavy atom. The Labute approximate surface area is 145 Å². The number of allylic oxidation sites excluding steroid dienone is 2. The number of ketones is 1. The number of hydrogen-bond donors (Lipinski definition) is 0. The molecule has 5 heteroatoms. The summed E-state index contributed by atoms with van der Waals surface area (Å²) in [5.74, 6) is 0.429. The quantitative estimate of drug-likeness (QED) is 0.667. The number of carbonyl (C=O) groups is 1. The van der Waals surface area contributed by atoms with Gasteiger partial charge in [0.25, 0.3) is 0 Å². The molecule has 2 aliphatic rings. The van der Waals surface area contributed by atoms with E-state index in [2.05, 4.69) is 6.08 Å². The maximum absolute atomic E-state index is 12.7. The molecule has 6 unspecified atom stereocenters. The smallest absolute Gasteiger partial charge is 0.161 e. The van der Waals surface area contributed by atoms with Crippen LogP contribution in [0.15, 0.2) is 12.2 Å². The predicted molar refractivity (Wildman–Crippen MR) is 92.0 cm³/mol. The van der Waals surface area contributed by atoms with Crippen LogP contribution in [-0.4, -0.2) is 58.6 Å². The van der Waals surface area contributed by atoms with E-state index in [4.69, 9.17) is 18.9 Å². The standard InChI is InChI=1S/C19H32O5/c1-21-14-7-10-17(22-2)15(12-14)16(20)8-5-13-6-9-18(23-3)19(11-13)24-4/h5,8,13-15,17-19H,6-7,9-12H2,1-4H3/b8-5+. The molecule has 2 fully saturated rings. The molecule has 0 aromatic heterocycles. The molecule has 0 amide bonds. The zero-order chi connectivity index (χ0) is 17.5. The van der Waals surface area contributed by atoms with Crippen LogP contribution in [0.4, 0.5) is 0 Å². The number of ether oxygens (including phenoxy) is 4. The van der Waals surface area contributed by atoms with Crippen molar-refractivity contribution in [2.75, 3.05) is 28.4 Å². The molecular formula is C19H32O5. The summed E-state index contributed by atoms with van der Waals surface area (Å²) in [4.78, 5) is 12.7. The molecule has 138 valence electrons. The average Bonchev–Trinajstić information content (AvgIpc) is 2.65. The number of methoxy groups -OCH3 is 4. The number of rotatable bonds is 7.